The lowest BCUT2D eigenvalue weighted by molar-refractivity contribution is 0.0181. The molecule has 2 saturated heterocycles. The van der Waals surface area contributed by atoms with Gasteiger partial charge in [0.1, 0.15) is 0 Å². The number of nitrogens with zero attached hydrogens (tertiary/aromatic N) is 1. The fourth-order valence-corrected chi connectivity index (χ4v) is 4.40. The van der Waals surface area contributed by atoms with Crippen LogP contribution in [0.25, 0.3) is 0 Å². The maximum absolute atomic E-state index is 2.92. The molecule has 0 aromatic carbocycles. The van der Waals surface area contributed by atoms with E-state index in [1.54, 1.807) is 0 Å². The van der Waals surface area contributed by atoms with E-state index in [0.717, 1.165) is 23.9 Å². The van der Waals surface area contributed by atoms with Gasteiger partial charge in [0.2, 0.25) is 0 Å². The molecule has 2 aliphatic rings. The Labute approximate surface area is 108 Å². The second kappa shape index (κ2) is 6.22. The van der Waals surface area contributed by atoms with E-state index >= 15 is 0 Å². The molecule has 4 atom stereocenters. The van der Waals surface area contributed by atoms with Gasteiger partial charge in [-0.2, -0.15) is 0 Å². The lowest BCUT2D eigenvalue weighted by Crippen LogP contribution is -2.51. The molecular weight excluding hydrogens is 206 g/mol. The van der Waals surface area contributed by atoms with Crippen molar-refractivity contribution < 1.29 is 0 Å². The zero-order valence-corrected chi connectivity index (χ0v) is 12.1. The van der Waals surface area contributed by atoms with Crippen LogP contribution >= 0.6 is 0 Å². The molecule has 0 aliphatic carbocycles. The molecule has 0 amide bonds. The lowest BCUT2D eigenvalue weighted by atomic mass is 9.75. The van der Waals surface area contributed by atoms with Crippen molar-refractivity contribution in [3.63, 3.8) is 0 Å². The highest BCUT2D eigenvalue weighted by Crippen LogP contribution is 2.42. The van der Waals surface area contributed by atoms with Crippen molar-refractivity contribution >= 4 is 0 Å². The smallest absolute Gasteiger partial charge is 0.0127 e. The molecule has 1 heteroatoms. The van der Waals surface area contributed by atoms with Crippen molar-refractivity contribution in [1.82, 2.24) is 4.90 Å². The van der Waals surface area contributed by atoms with E-state index < -0.39 is 0 Å². The van der Waals surface area contributed by atoms with Crippen molar-refractivity contribution in [2.75, 3.05) is 6.54 Å². The fraction of sp³-hybridized carbons (Fsp3) is 1.00. The molecule has 0 saturated carbocycles. The van der Waals surface area contributed by atoms with Crippen LogP contribution in [0.3, 0.4) is 0 Å². The molecule has 0 bridgehead atoms. The van der Waals surface area contributed by atoms with Gasteiger partial charge in [0.15, 0.2) is 0 Å². The van der Waals surface area contributed by atoms with Crippen LogP contribution in [-0.4, -0.2) is 23.5 Å². The second-order valence-electron chi connectivity index (χ2n) is 6.23. The van der Waals surface area contributed by atoms with Crippen LogP contribution in [0.15, 0.2) is 0 Å². The zero-order valence-electron chi connectivity index (χ0n) is 12.1. The highest BCUT2D eigenvalue weighted by molar-refractivity contribution is 4.96. The summed E-state index contributed by atoms with van der Waals surface area (Å²) in [6.07, 6.45) is 11.5. The van der Waals surface area contributed by atoms with Crippen LogP contribution in [0.2, 0.25) is 0 Å². The summed E-state index contributed by atoms with van der Waals surface area (Å²) < 4.78 is 0. The van der Waals surface area contributed by atoms with Gasteiger partial charge in [-0.25, -0.2) is 0 Å². The van der Waals surface area contributed by atoms with E-state index in [4.69, 9.17) is 0 Å². The third-order valence-corrected chi connectivity index (χ3v) is 5.36. The molecule has 2 fully saturated rings. The minimum Gasteiger partial charge on any atom is -0.297 e. The maximum atomic E-state index is 2.92. The SMILES string of the molecule is CCCCC1C(CC)CC(CC)[C@@H]2CCCN12. The van der Waals surface area contributed by atoms with Gasteiger partial charge < -0.3 is 0 Å². The predicted octanol–water partition coefficient (Wildman–Crippen LogP) is 4.47. The van der Waals surface area contributed by atoms with Crippen LogP contribution < -0.4 is 0 Å². The average Bonchev–Trinajstić information content (AvgIpc) is 2.84. The summed E-state index contributed by atoms with van der Waals surface area (Å²) in [5.41, 5.74) is 0. The van der Waals surface area contributed by atoms with Crippen molar-refractivity contribution in [3.05, 3.63) is 0 Å². The molecule has 3 unspecified atom stereocenters. The summed E-state index contributed by atoms with van der Waals surface area (Å²) in [6.45, 7) is 8.54. The third-order valence-electron chi connectivity index (χ3n) is 5.36. The summed E-state index contributed by atoms with van der Waals surface area (Å²) in [7, 11) is 0. The first-order chi connectivity index (χ1) is 8.31. The van der Waals surface area contributed by atoms with Crippen molar-refractivity contribution in [2.24, 2.45) is 11.8 Å². The Morgan fingerprint density at radius 2 is 1.82 bits per heavy atom. The standard InChI is InChI=1S/C16H31N/c1-4-7-9-15-13(5-2)12-14(6-3)16-10-8-11-17(15)16/h13-16H,4-12H2,1-3H3/t13?,14?,15?,16-/m0/s1. The molecule has 17 heavy (non-hydrogen) atoms. The fourth-order valence-electron chi connectivity index (χ4n) is 4.40. The molecule has 0 aromatic heterocycles. The van der Waals surface area contributed by atoms with Crippen molar-refractivity contribution in [1.29, 1.82) is 0 Å². The Bertz CT molecular complexity index is 226. The highest BCUT2D eigenvalue weighted by atomic mass is 15.2. The van der Waals surface area contributed by atoms with Crippen LogP contribution in [0.1, 0.15) is 72.1 Å². The summed E-state index contributed by atoms with van der Waals surface area (Å²) >= 11 is 0. The highest BCUT2D eigenvalue weighted by Gasteiger charge is 2.42. The number of fused-ring (bicyclic) bond motifs is 1. The minimum absolute atomic E-state index is 0.926. The van der Waals surface area contributed by atoms with Gasteiger partial charge in [0.25, 0.3) is 0 Å². The first kappa shape index (κ1) is 13.4. The summed E-state index contributed by atoms with van der Waals surface area (Å²) in [5, 5.41) is 0. The summed E-state index contributed by atoms with van der Waals surface area (Å²) in [6, 6.07) is 1.87. The molecule has 2 aliphatic heterocycles. The molecule has 2 rings (SSSR count). The van der Waals surface area contributed by atoms with Gasteiger partial charge in [-0.3, -0.25) is 4.90 Å². The van der Waals surface area contributed by atoms with E-state index in [0.29, 0.717) is 0 Å². The number of hydrogen-bond acceptors (Lipinski definition) is 1. The Balaban J connectivity index is 2.06. The normalized spacial score (nSPS) is 38.3. The second-order valence-corrected chi connectivity index (χ2v) is 6.23. The Morgan fingerprint density at radius 1 is 1.06 bits per heavy atom. The van der Waals surface area contributed by atoms with Gasteiger partial charge >= 0.3 is 0 Å². The van der Waals surface area contributed by atoms with E-state index in [-0.39, 0.29) is 0 Å². The molecule has 0 aromatic rings. The number of unbranched alkanes of at least 4 members (excludes halogenated alkanes) is 1. The quantitative estimate of drug-likeness (QED) is 0.682. The van der Waals surface area contributed by atoms with E-state index in [1.807, 2.05) is 0 Å². The van der Waals surface area contributed by atoms with E-state index in [1.165, 1.54) is 57.9 Å². The third kappa shape index (κ3) is 2.70. The molecule has 1 nitrogen and oxygen atoms in total. The number of piperidine rings is 1. The average molecular weight is 237 g/mol. The molecule has 0 spiro atoms. The Hall–Kier alpha value is -0.0400. The molecule has 100 valence electrons. The monoisotopic (exact) mass is 237 g/mol. The van der Waals surface area contributed by atoms with Gasteiger partial charge in [-0.05, 0) is 44.1 Å². The zero-order chi connectivity index (χ0) is 12.3. The first-order valence-corrected chi connectivity index (χ1v) is 8.07. The molecule has 0 N–H and O–H groups in total. The summed E-state index contributed by atoms with van der Waals surface area (Å²) in [4.78, 5) is 2.92. The molecule has 2 heterocycles. The molecule has 0 radical (unpaired) electrons. The van der Waals surface area contributed by atoms with Crippen molar-refractivity contribution in [3.8, 4) is 0 Å². The van der Waals surface area contributed by atoms with Gasteiger partial charge in [0.05, 0.1) is 0 Å². The van der Waals surface area contributed by atoms with Crippen LogP contribution in [0.5, 0.6) is 0 Å². The minimum atomic E-state index is 0.926. The summed E-state index contributed by atoms with van der Waals surface area (Å²) in [5.74, 6) is 1.99. The van der Waals surface area contributed by atoms with Crippen LogP contribution in [0.4, 0.5) is 0 Å². The number of hydrogen-bond donors (Lipinski definition) is 0. The van der Waals surface area contributed by atoms with Gasteiger partial charge in [-0.15, -0.1) is 0 Å². The molecular formula is C16H31N. The lowest BCUT2D eigenvalue weighted by Gasteiger charge is -2.47. The predicted molar refractivity (Wildman–Crippen MR) is 75.2 cm³/mol. The first-order valence-electron chi connectivity index (χ1n) is 8.07. The van der Waals surface area contributed by atoms with E-state index in [2.05, 4.69) is 25.7 Å². The van der Waals surface area contributed by atoms with E-state index in [9.17, 15) is 0 Å². The number of rotatable bonds is 5. The Kier molecular flexibility index (Phi) is 4.90. The van der Waals surface area contributed by atoms with Crippen LogP contribution in [-0.2, 0) is 0 Å². The van der Waals surface area contributed by atoms with Crippen LogP contribution in [0, 0.1) is 11.8 Å². The largest absolute Gasteiger partial charge is 0.297 e. The van der Waals surface area contributed by atoms with Gasteiger partial charge in [0, 0.05) is 12.1 Å². The van der Waals surface area contributed by atoms with Gasteiger partial charge in [-0.1, -0.05) is 46.5 Å². The Morgan fingerprint density at radius 3 is 2.47 bits per heavy atom. The maximum Gasteiger partial charge on any atom is 0.0127 e. The van der Waals surface area contributed by atoms with Crippen molar-refractivity contribution in [2.45, 2.75) is 84.2 Å². The topological polar surface area (TPSA) is 3.24 Å².